The van der Waals surface area contributed by atoms with E-state index in [-0.39, 0.29) is 17.9 Å². The highest BCUT2D eigenvalue weighted by Crippen LogP contribution is 2.31. The molecule has 6 nitrogen and oxygen atoms in total. The van der Waals surface area contributed by atoms with Crippen LogP contribution in [0.2, 0.25) is 0 Å². The summed E-state index contributed by atoms with van der Waals surface area (Å²) >= 11 is 1.54. The number of nitrogens with zero attached hydrogens (tertiary/aromatic N) is 2. The second-order valence-electron chi connectivity index (χ2n) is 6.95. The van der Waals surface area contributed by atoms with Gasteiger partial charge in [0.1, 0.15) is 23.1 Å². The SMILES string of the molecule is CCOc1ccc2c(c1)CC(C(=O)NC(C)c1nc(-c3ccncc3)cs1)CO2. The lowest BCUT2D eigenvalue weighted by Gasteiger charge is -2.26. The fraction of sp³-hybridized carbons (Fsp3) is 0.318. The van der Waals surface area contributed by atoms with E-state index in [9.17, 15) is 4.79 Å². The summed E-state index contributed by atoms with van der Waals surface area (Å²) in [4.78, 5) is 21.5. The Morgan fingerprint density at radius 1 is 1.34 bits per heavy atom. The van der Waals surface area contributed by atoms with Crippen LogP contribution in [0.4, 0.5) is 0 Å². The first-order chi connectivity index (χ1) is 14.1. The fourth-order valence-corrected chi connectivity index (χ4v) is 4.17. The number of pyridine rings is 1. The van der Waals surface area contributed by atoms with Gasteiger partial charge in [0, 0.05) is 23.3 Å². The Hall–Kier alpha value is -2.93. The molecule has 1 amide bonds. The molecule has 1 aromatic carbocycles. The maximum Gasteiger partial charge on any atom is 0.227 e. The molecule has 0 saturated carbocycles. The van der Waals surface area contributed by atoms with Crippen molar-refractivity contribution in [2.75, 3.05) is 13.2 Å². The summed E-state index contributed by atoms with van der Waals surface area (Å²) in [6.45, 7) is 4.89. The molecule has 0 bridgehead atoms. The van der Waals surface area contributed by atoms with Gasteiger partial charge >= 0.3 is 0 Å². The van der Waals surface area contributed by atoms with Crippen molar-refractivity contribution in [3.63, 3.8) is 0 Å². The Morgan fingerprint density at radius 3 is 2.97 bits per heavy atom. The van der Waals surface area contributed by atoms with E-state index in [1.54, 1.807) is 23.7 Å². The Bertz CT molecular complexity index is 990. The van der Waals surface area contributed by atoms with Crippen molar-refractivity contribution < 1.29 is 14.3 Å². The van der Waals surface area contributed by atoms with Crippen molar-refractivity contribution in [1.82, 2.24) is 15.3 Å². The minimum absolute atomic E-state index is 0.0226. The highest BCUT2D eigenvalue weighted by molar-refractivity contribution is 7.10. The van der Waals surface area contributed by atoms with Crippen LogP contribution in [0, 0.1) is 5.92 Å². The summed E-state index contributed by atoms with van der Waals surface area (Å²) in [6.07, 6.45) is 4.13. The van der Waals surface area contributed by atoms with E-state index >= 15 is 0 Å². The molecule has 7 heteroatoms. The van der Waals surface area contributed by atoms with E-state index in [0.717, 1.165) is 33.3 Å². The number of carbonyl (C=O) groups excluding carboxylic acids is 1. The molecule has 4 rings (SSSR count). The Balaban J connectivity index is 1.41. The van der Waals surface area contributed by atoms with Crippen molar-refractivity contribution in [1.29, 1.82) is 0 Å². The van der Waals surface area contributed by atoms with Crippen molar-refractivity contribution in [3.05, 3.63) is 58.7 Å². The molecule has 0 spiro atoms. The van der Waals surface area contributed by atoms with Gasteiger partial charge in [0.15, 0.2) is 0 Å². The van der Waals surface area contributed by atoms with E-state index in [1.165, 1.54) is 0 Å². The molecule has 0 fully saturated rings. The first-order valence-electron chi connectivity index (χ1n) is 9.68. The predicted octanol–water partition coefficient (Wildman–Crippen LogP) is 4.03. The third-order valence-electron chi connectivity index (χ3n) is 4.85. The molecule has 3 aromatic rings. The van der Waals surface area contributed by atoms with Gasteiger partial charge in [-0.15, -0.1) is 11.3 Å². The average molecular weight is 410 g/mol. The zero-order valence-electron chi connectivity index (χ0n) is 16.4. The van der Waals surface area contributed by atoms with Gasteiger partial charge in [-0.1, -0.05) is 0 Å². The Morgan fingerprint density at radius 2 is 2.17 bits per heavy atom. The quantitative estimate of drug-likeness (QED) is 0.665. The maximum absolute atomic E-state index is 12.8. The number of hydrogen-bond donors (Lipinski definition) is 1. The number of thiazole rings is 1. The molecule has 29 heavy (non-hydrogen) atoms. The molecule has 3 heterocycles. The van der Waals surface area contributed by atoms with Crippen LogP contribution < -0.4 is 14.8 Å². The average Bonchev–Trinajstić information content (AvgIpc) is 3.24. The van der Waals surface area contributed by atoms with Gasteiger partial charge in [-0.05, 0) is 56.2 Å². The van der Waals surface area contributed by atoms with Crippen LogP contribution in [0.3, 0.4) is 0 Å². The number of benzene rings is 1. The molecule has 1 aliphatic rings. The predicted molar refractivity (Wildman–Crippen MR) is 112 cm³/mol. The summed E-state index contributed by atoms with van der Waals surface area (Å²) in [5.74, 6) is 1.37. The van der Waals surface area contributed by atoms with Crippen LogP contribution in [-0.2, 0) is 11.2 Å². The molecule has 0 radical (unpaired) electrons. The first kappa shape index (κ1) is 19.4. The van der Waals surface area contributed by atoms with Crippen molar-refractivity contribution in [2.45, 2.75) is 26.3 Å². The molecule has 2 unspecified atom stereocenters. The minimum Gasteiger partial charge on any atom is -0.494 e. The van der Waals surface area contributed by atoms with Gasteiger partial charge in [-0.2, -0.15) is 0 Å². The zero-order valence-corrected chi connectivity index (χ0v) is 17.2. The number of hydrogen-bond acceptors (Lipinski definition) is 6. The Kier molecular flexibility index (Phi) is 5.76. The largest absolute Gasteiger partial charge is 0.494 e. The van der Waals surface area contributed by atoms with E-state index < -0.39 is 0 Å². The smallest absolute Gasteiger partial charge is 0.227 e. The third-order valence-corrected chi connectivity index (χ3v) is 5.87. The third kappa shape index (κ3) is 4.40. The molecule has 1 N–H and O–H groups in total. The molecule has 150 valence electrons. The van der Waals surface area contributed by atoms with E-state index in [0.29, 0.717) is 19.6 Å². The molecule has 2 atom stereocenters. The normalized spacial score (nSPS) is 16.4. The summed E-state index contributed by atoms with van der Waals surface area (Å²) < 4.78 is 11.4. The molecular weight excluding hydrogens is 386 g/mol. The molecule has 0 aliphatic carbocycles. The van der Waals surface area contributed by atoms with Gasteiger partial charge in [0.2, 0.25) is 5.91 Å². The van der Waals surface area contributed by atoms with Crippen LogP contribution in [0.5, 0.6) is 11.5 Å². The van der Waals surface area contributed by atoms with Gasteiger partial charge in [0.25, 0.3) is 0 Å². The van der Waals surface area contributed by atoms with Crippen LogP contribution >= 0.6 is 11.3 Å². The van der Waals surface area contributed by atoms with E-state index in [2.05, 4.69) is 15.3 Å². The topological polar surface area (TPSA) is 73.3 Å². The lowest BCUT2D eigenvalue weighted by Crippen LogP contribution is -2.38. The lowest BCUT2D eigenvalue weighted by atomic mass is 9.95. The zero-order chi connectivity index (χ0) is 20.2. The van der Waals surface area contributed by atoms with Crippen molar-refractivity contribution in [3.8, 4) is 22.8 Å². The number of rotatable bonds is 6. The monoisotopic (exact) mass is 409 g/mol. The molecule has 0 saturated heterocycles. The summed E-state index contributed by atoms with van der Waals surface area (Å²) in [6, 6.07) is 9.45. The number of nitrogens with one attached hydrogen (secondary N) is 1. The van der Waals surface area contributed by atoms with Crippen LogP contribution in [-0.4, -0.2) is 29.1 Å². The lowest BCUT2D eigenvalue weighted by molar-refractivity contribution is -0.126. The highest BCUT2D eigenvalue weighted by Gasteiger charge is 2.28. The number of carbonyl (C=O) groups is 1. The summed E-state index contributed by atoms with van der Waals surface area (Å²) in [5.41, 5.74) is 2.92. The standard InChI is InChI=1S/C22H23N3O3S/c1-3-27-18-4-5-20-16(11-18)10-17(12-28-20)21(26)24-14(2)22-25-19(13-29-22)15-6-8-23-9-7-15/h4-9,11,13-14,17H,3,10,12H2,1-2H3,(H,24,26). The second-order valence-corrected chi connectivity index (χ2v) is 7.84. The maximum atomic E-state index is 12.8. The fourth-order valence-electron chi connectivity index (χ4n) is 3.33. The number of aromatic nitrogens is 2. The molecule has 1 aliphatic heterocycles. The second kappa shape index (κ2) is 8.61. The van der Waals surface area contributed by atoms with Gasteiger partial charge in [-0.25, -0.2) is 4.98 Å². The summed E-state index contributed by atoms with van der Waals surface area (Å²) in [7, 11) is 0. The molecular formula is C22H23N3O3S. The highest BCUT2D eigenvalue weighted by atomic mass is 32.1. The first-order valence-corrected chi connectivity index (χ1v) is 10.6. The summed E-state index contributed by atoms with van der Waals surface area (Å²) in [5, 5.41) is 5.97. The number of ether oxygens (including phenoxy) is 2. The van der Waals surface area contributed by atoms with Gasteiger partial charge < -0.3 is 14.8 Å². The van der Waals surface area contributed by atoms with Crippen molar-refractivity contribution >= 4 is 17.2 Å². The van der Waals surface area contributed by atoms with Crippen molar-refractivity contribution in [2.24, 2.45) is 5.92 Å². The van der Waals surface area contributed by atoms with Gasteiger partial charge in [0.05, 0.1) is 24.3 Å². The van der Waals surface area contributed by atoms with Crippen LogP contribution in [0.15, 0.2) is 48.1 Å². The number of amides is 1. The molecule has 2 aromatic heterocycles. The van der Waals surface area contributed by atoms with Gasteiger partial charge in [-0.3, -0.25) is 9.78 Å². The van der Waals surface area contributed by atoms with Crippen LogP contribution in [0.1, 0.15) is 30.5 Å². The minimum atomic E-state index is -0.235. The van der Waals surface area contributed by atoms with E-state index in [1.807, 2.05) is 49.6 Å². The van der Waals surface area contributed by atoms with Crippen LogP contribution in [0.25, 0.3) is 11.3 Å². The Labute approximate surface area is 173 Å². The van der Waals surface area contributed by atoms with E-state index in [4.69, 9.17) is 9.47 Å². The number of fused-ring (bicyclic) bond motifs is 1.